The number of amides is 1. The fourth-order valence-electron chi connectivity index (χ4n) is 1.90. The number of carbonyl (C=O) groups excluding carboxylic acids is 1. The third kappa shape index (κ3) is 4.74. The van der Waals surface area contributed by atoms with Gasteiger partial charge in [0.1, 0.15) is 0 Å². The first kappa shape index (κ1) is 15.8. The van der Waals surface area contributed by atoms with Crippen LogP contribution in [0.5, 0.6) is 0 Å². The lowest BCUT2D eigenvalue weighted by atomic mass is 10.1. The summed E-state index contributed by atoms with van der Waals surface area (Å²) in [6, 6.07) is 14.3. The second-order valence-corrected chi connectivity index (χ2v) is 5.47. The van der Waals surface area contributed by atoms with E-state index in [1.807, 2.05) is 30.3 Å². The van der Waals surface area contributed by atoms with E-state index in [2.05, 4.69) is 5.32 Å². The van der Waals surface area contributed by atoms with Crippen LogP contribution in [0.3, 0.4) is 0 Å². The summed E-state index contributed by atoms with van der Waals surface area (Å²) in [6.07, 6.45) is -0.526. The van der Waals surface area contributed by atoms with Crippen LogP contribution >= 0.6 is 23.2 Å². The second-order valence-electron chi connectivity index (χ2n) is 4.66. The molecule has 0 bridgehead atoms. The van der Waals surface area contributed by atoms with Crippen molar-refractivity contribution in [2.75, 3.05) is 6.54 Å². The number of rotatable bonds is 5. The Labute approximate surface area is 133 Å². The Morgan fingerprint density at radius 2 is 1.81 bits per heavy atom. The first-order valence-corrected chi connectivity index (χ1v) is 7.25. The van der Waals surface area contributed by atoms with Gasteiger partial charge in [0.25, 0.3) is 0 Å². The zero-order valence-corrected chi connectivity index (χ0v) is 12.7. The average Bonchev–Trinajstić information content (AvgIpc) is 2.49. The third-order valence-corrected chi connectivity index (χ3v) is 3.76. The molecule has 0 aromatic heterocycles. The number of hydrogen-bond donors (Lipinski definition) is 2. The van der Waals surface area contributed by atoms with Gasteiger partial charge in [-0.15, -0.1) is 0 Å². The number of hydrogen-bond acceptors (Lipinski definition) is 2. The van der Waals surface area contributed by atoms with Crippen LogP contribution in [-0.4, -0.2) is 17.6 Å². The van der Waals surface area contributed by atoms with Crippen LogP contribution in [0.25, 0.3) is 0 Å². The van der Waals surface area contributed by atoms with Gasteiger partial charge in [0, 0.05) is 6.54 Å². The van der Waals surface area contributed by atoms with E-state index in [0.29, 0.717) is 10.0 Å². The van der Waals surface area contributed by atoms with Gasteiger partial charge < -0.3 is 10.4 Å². The Kier molecular flexibility index (Phi) is 5.62. The number of benzene rings is 2. The molecule has 2 N–H and O–H groups in total. The molecule has 2 aromatic carbocycles. The van der Waals surface area contributed by atoms with Gasteiger partial charge in [-0.25, -0.2) is 0 Å². The Balaban J connectivity index is 1.86. The number of carbonyl (C=O) groups is 1. The molecule has 0 aliphatic carbocycles. The highest BCUT2D eigenvalue weighted by Gasteiger charge is 2.10. The fourth-order valence-corrected chi connectivity index (χ4v) is 2.22. The standard InChI is InChI=1S/C16H15Cl2NO2/c17-13-7-6-11(8-14(13)18)9-16(21)19-10-15(20)12-4-2-1-3-5-12/h1-8,15,20H,9-10H2,(H,19,21). The minimum absolute atomic E-state index is 0.171. The Morgan fingerprint density at radius 1 is 1.10 bits per heavy atom. The van der Waals surface area contributed by atoms with Crippen LogP contribution in [0, 0.1) is 0 Å². The predicted molar refractivity (Wildman–Crippen MR) is 84.6 cm³/mol. The van der Waals surface area contributed by atoms with E-state index in [-0.39, 0.29) is 18.9 Å². The monoisotopic (exact) mass is 323 g/mol. The summed E-state index contributed by atoms with van der Waals surface area (Å²) in [4.78, 5) is 11.8. The molecule has 0 radical (unpaired) electrons. The van der Waals surface area contributed by atoms with Gasteiger partial charge in [-0.3, -0.25) is 4.79 Å². The van der Waals surface area contributed by atoms with E-state index in [9.17, 15) is 9.90 Å². The Morgan fingerprint density at radius 3 is 2.48 bits per heavy atom. The summed E-state index contributed by atoms with van der Waals surface area (Å²) in [5, 5.41) is 13.5. The zero-order chi connectivity index (χ0) is 15.2. The Bertz CT molecular complexity index is 617. The first-order chi connectivity index (χ1) is 10.1. The highest BCUT2D eigenvalue weighted by atomic mass is 35.5. The number of nitrogens with one attached hydrogen (secondary N) is 1. The van der Waals surface area contributed by atoms with Crippen molar-refractivity contribution in [3.63, 3.8) is 0 Å². The van der Waals surface area contributed by atoms with E-state index in [4.69, 9.17) is 23.2 Å². The van der Waals surface area contributed by atoms with Crippen molar-refractivity contribution in [1.82, 2.24) is 5.32 Å². The summed E-state index contributed by atoms with van der Waals surface area (Å²) in [5.74, 6) is -0.177. The minimum Gasteiger partial charge on any atom is -0.387 e. The van der Waals surface area contributed by atoms with Crippen LogP contribution in [0.2, 0.25) is 10.0 Å². The molecule has 1 unspecified atom stereocenters. The minimum atomic E-state index is -0.719. The molecule has 1 amide bonds. The van der Waals surface area contributed by atoms with Crippen LogP contribution in [0.15, 0.2) is 48.5 Å². The predicted octanol–water partition coefficient (Wildman–Crippen LogP) is 3.39. The van der Waals surface area contributed by atoms with Crippen LogP contribution in [0.4, 0.5) is 0 Å². The molecule has 21 heavy (non-hydrogen) atoms. The van der Waals surface area contributed by atoms with Gasteiger partial charge in [0.2, 0.25) is 5.91 Å². The van der Waals surface area contributed by atoms with Gasteiger partial charge in [0.15, 0.2) is 0 Å². The van der Waals surface area contributed by atoms with Crippen LogP contribution < -0.4 is 5.32 Å². The van der Waals surface area contributed by atoms with Crippen molar-refractivity contribution in [3.05, 3.63) is 69.7 Å². The largest absolute Gasteiger partial charge is 0.387 e. The molecule has 0 heterocycles. The summed E-state index contributed by atoms with van der Waals surface area (Å²) in [5.41, 5.74) is 1.54. The van der Waals surface area contributed by atoms with Gasteiger partial charge in [-0.05, 0) is 23.3 Å². The van der Waals surface area contributed by atoms with Crippen LogP contribution in [0.1, 0.15) is 17.2 Å². The molecule has 0 fully saturated rings. The molecule has 110 valence electrons. The number of aliphatic hydroxyl groups is 1. The molecular formula is C16H15Cl2NO2. The smallest absolute Gasteiger partial charge is 0.224 e. The molecule has 0 aliphatic heterocycles. The summed E-state index contributed by atoms with van der Waals surface area (Å²) in [6.45, 7) is 0.171. The molecule has 2 aromatic rings. The highest BCUT2D eigenvalue weighted by Crippen LogP contribution is 2.22. The maximum Gasteiger partial charge on any atom is 0.224 e. The molecule has 0 saturated heterocycles. The summed E-state index contributed by atoms with van der Waals surface area (Å²) >= 11 is 11.7. The van der Waals surface area contributed by atoms with Gasteiger partial charge in [0.05, 0.1) is 22.6 Å². The van der Waals surface area contributed by atoms with E-state index in [1.54, 1.807) is 18.2 Å². The lowest BCUT2D eigenvalue weighted by Crippen LogP contribution is -2.29. The molecular weight excluding hydrogens is 309 g/mol. The van der Waals surface area contributed by atoms with Gasteiger partial charge in [-0.1, -0.05) is 59.6 Å². The molecule has 0 spiro atoms. The maximum atomic E-state index is 11.8. The van der Waals surface area contributed by atoms with Crippen molar-refractivity contribution < 1.29 is 9.90 Å². The Hall–Kier alpha value is -1.55. The zero-order valence-electron chi connectivity index (χ0n) is 11.2. The SMILES string of the molecule is O=C(Cc1ccc(Cl)c(Cl)c1)NCC(O)c1ccccc1. The third-order valence-electron chi connectivity index (χ3n) is 3.03. The van der Waals surface area contributed by atoms with E-state index < -0.39 is 6.10 Å². The molecule has 0 aliphatic rings. The summed E-state index contributed by atoms with van der Waals surface area (Å²) < 4.78 is 0. The van der Waals surface area contributed by atoms with Gasteiger partial charge >= 0.3 is 0 Å². The molecule has 1 atom stereocenters. The molecule has 2 rings (SSSR count). The normalized spacial score (nSPS) is 12.0. The first-order valence-electron chi connectivity index (χ1n) is 6.50. The van der Waals surface area contributed by atoms with Crippen molar-refractivity contribution in [2.45, 2.75) is 12.5 Å². The lowest BCUT2D eigenvalue weighted by molar-refractivity contribution is -0.120. The summed E-state index contributed by atoms with van der Waals surface area (Å²) in [7, 11) is 0. The number of aliphatic hydroxyl groups excluding tert-OH is 1. The number of halogens is 2. The molecule has 0 saturated carbocycles. The second kappa shape index (κ2) is 7.46. The molecule has 3 nitrogen and oxygen atoms in total. The van der Waals surface area contributed by atoms with Crippen molar-refractivity contribution in [3.8, 4) is 0 Å². The van der Waals surface area contributed by atoms with E-state index >= 15 is 0 Å². The highest BCUT2D eigenvalue weighted by molar-refractivity contribution is 6.42. The average molecular weight is 324 g/mol. The molecule has 5 heteroatoms. The van der Waals surface area contributed by atoms with Crippen molar-refractivity contribution in [1.29, 1.82) is 0 Å². The van der Waals surface area contributed by atoms with E-state index in [0.717, 1.165) is 11.1 Å². The quantitative estimate of drug-likeness (QED) is 0.886. The lowest BCUT2D eigenvalue weighted by Gasteiger charge is -2.12. The van der Waals surface area contributed by atoms with Crippen molar-refractivity contribution in [2.24, 2.45) is 0 Å². The maximum absolute atomic E-state index is 11.8. The fraction of sp³-hybridized carbons (Fsp3) is 0.188. The van der Waals surface area contributed by atoms with Gasteiger partial charge in [-0.2, -0.15) is 0 Å². The van der Waals surface area contributed by atoms with Crippen molar-refractivity contribution >= 4 is 29.1 Å². The van der Waals surface area contributed by atoms with E-state index in [1.165, 1.54) is 0 Å². The van der Waals surface area contributed by atoms with Crippen LogP contribution in [-0.2, 0) is 11.2 Å². The topological polar surface area (TPSA) is 49.3 Å².